The third-order valence-electron chi connectivity index (χ3n) is 3.75. The molecule has 2 aliphatic rings. The Bertz CT molecular complexity index is 723. The average Bonchev–Trinajstić information content (AvgIpc) is 2.78. The first-order valence-electron chi connectivity index (χ1n) is 6.36. The average molecular weight is 287 g/mol. The van der Waals surface area contributed by atoms with Crippen molar-refractivity contribution in [1.29, 1.82) is 0 Å². The highest BCUT2D eigenvalue weighted by molar-refractivity contribution is 6.05. The van der Waals surface area contributed by atoms with Gasteiger partial charge in [0.2, 0.25) is 17.5 Å². The van der Waals surface area contributed by atoms with Crippen LogP contribution in [0.3, 0.4) is 0 Å². The number of carbonyl (C=O) groups is 3. The van der Waals surface area contributed by atoms with Gasteiger partial charge in [0.15, 0.2) is 0 Å². The van der Waals surface area contributed by atoms with Crippen molar-refractivity contribution in [2.45, 2.75) is 25.4 Å². The lowest BCUT2D eigenvalue weighted by atomic mass is 10.0. The van der Waals surface area contributed by atoms with Crippen LogP contribution in [-0.4, -0.2) is 28.7 Å². The molecule has 0 spiro atoms. The Balaban J connectivity index is 1.94. The second-order valence-corrected chi connectivity index (χ2v) is 4.94. The number of carbonyl (C=O) groups excluding carboxylic acids is 3. The number of fused-ring (bicyclic) bond motifs is 1. The fraction of sp³-hybridized carbons (Fsp3) is 0.286. The monoisotopic (exact) mass is 287 g/mol. The molecule has 0 aliphatic carbocycles. The van der Waals surface area contributed by atoms with Crippen molar-refractivity contribution in [1.82, 2.24) is 10.2 Å². The molecule has 2 aliphatic heterocycles. The second-order valence-electron chi connectivity index (χ2n) is 4.94. The van der Waals surface area contributed by atoms with E-state index in [1.807, 2.05) is 0 Å². The Morgan fingerprint density at radius 3 is 2.76 bits per heavy atom. The minimum absolute atomic E-state index is 0.0599. The van der Waals surface area contributed by atoms with Gasteiger partial charge in [0.25, 0.3) is 5.91 Å². The summed E-state index contributed by atoms with van der Waals surface area (Å²) < 4.78 is 14.1. The Morgan fingerprint density at radius 1 is 1.33 bits per heavy atom. The zero-order chi connectivity index (χ0) is 15.1. The summed E-state index contributed by atoms with van der Waals surface area (Å²) in [4.78, 5) is 39.6. The van der Waals surface area contributed by atoms with Gasteiger partial charge >= 0.3 is 0 Å². The molecule has 0 bridgehead atoms. The van der Waals surface area contributed by atoms with Crippen LogP contribution in [0.15, 0.2) is 12.1 Å². The van der Waals surface area contributed by atoms with Gasteiger partial charge in [0.05, 0.1) is 6.57 Å². The van der Waals surface area contributed by atoms with E-state index in [4.69, 9.17) is 6.57 Å². The molecule has 1 saturated heterocycles. The highest BCUT2D eigenvalue weighted by atomic mass is 19.1. The van der Waals surface area contributed by atoms with E-state index in [0.717, 1.165) is 0 Å². The highest BCUT2D eigenvalue weighted by Gasteiger charge is 2.40. The second kappa shape index (κ2) is 4.66. The first kappa shape index (κ1) is 13.2. The van der Waals surface area contributed by atoms with Crippen molar-refractivity contribution in [2.24, 2.45) is 0 Å². The van der Waals surface area contributed by atoms with E-state index in [1.54, 1.807) is 0 Å². The molecule has 1 fully saturated rings. The van der Waals surface area contributed by atoms with Gasteiger partial charge in [-0.15, -0.1) is 0 Å². The molecule has 3 amide bonds. The molecule has 0 aromatic heterocycles. The SMILES string of the molecule is [C-]#[N+]c1ccc2c(c1F)CN(C1CCC(=O)NC1=O)C2=O. The first-order valence-corrected chi connectivity index (χ1v) is 6.36. The number of nitrogens with one attached hydrogen (secondary N) is 1. The van der Waals surface area contributed by atoms with Crippen molar-refractivity contribution in [2.75, 3.05) is 0 Å². The Kier molecular flexibility index (Phi) is 2.94. The molecular formula is C14H10FN3O3. The lowest BCUT2D eigenvalue weighted by Crippen LogP contribution is -2.52. The molecule has 6 nitrogen and oxygen atoms in total. The predicted molar refractivity (Wildman–Crippen MR) is 68.7 cm³/mol. The van der Waals surface area contributed by atoms with Crippen molar-refractivity contribution in [3.8, 4) is 0 Å². The number of hydrogen-bond acceptors (Lipinski definition) is 3. The van der Waals surface area contributed by atoms with Crippen LogP contribution in [0.4, 0.5) is 10.1 Å². The van der Waals surface area contributed by atoms with Crippen molar-refractivity contribution in [3.63, 3.8) is 0 Å². The van der Waals surface area contributed by atoms with Crippen molar-refractivity contribution >= 4 is 23.4 Å². The molecule has 1 atom stereocenters. The summed E-state index contributed by atoms with van der Waals surface area (Å²) in [5.41, 5.74) is 0.162. The largest absolute Gasteiger partial charge is 0.322 e. The minimum atomic E-state index is -0.779. The summed E-state index contributed by atoms with van der Waals surface area (Å²) in [5, 5.41) is 2.18. The summed E-state index contributed by atoms with van der Waals surface area (Å²) in [6.07, 6.45) is 0.369. The van der Waals surface area contributed by atoms with Gasteiger partial charge in [-0.1, -0.05) is 12.1 Å². The van der Waals surface area contributed by atoms with Crippen LogP contribution in [-0.2, 0) is 16.1 Å². The van der Waals surface area contributed by atoms with Crippen LogP contribution >= 0.6 is 0 Å². The summed E-state index contributed by atoms with van der Waals surface area (Å²) in [6, 6.07) is 1.88. The van der Waals surface area contributed by atoms with E-state index in [9.17, 15) is 18.8 Å². The molecule has 1 aromatic carbocycles. The topological polar surface area (TPSA) is 70.8 Å². The van der Waals surface area contributed by atoms with Gasteiger partial charge < -0.3 is 4.90 Å². The molecular weight excluding hydrogens is 277 g/mol. The summed E-state index contributed by atoms with van der Waals surface area (Å²) in [5.74, 6) is -2.08. The molecule has 106 valence electrons. The van der Waals surface area contributed by atoms with Gasteiger partial charge in [-0.05, 0) is 6.42 Å². The van der Waals surface area contributed by atoms with Crippen LogP contribution in [0.5, 0.6) is 0 Å². The smallest absolute Gasteiger partial charge is 0.255 e. The molecule has 2 heterocycles. The lowest BCUT2D eigenvalue weighted by Gasteiger charge is -2.29. The van der Waals surface area contributed by atoms with E-state index in [2.05, 4.69) is 10.2 Å². The van der Waals surface area contributed by atoms with Crippen LogP contribution in [0, 0.1) is 12.4 Å². The molecule has 3 rings (SSSR count). The third kappa shape index (κ3) is 1.96. The van der Waals surface area contributed by atoms with Crippen LogP contribution in [0.25, 0.3) is 4.85 Å². The van der Waals surface area contributed by atoms with Gasteiger partial charge in [0, 0.05) is 24.1 Å². The number of benzene rings is 1. The van der Waals surface area contributed by atoms with Gasteiger partial charge in [-0.2, -0.15) is 0 Å². The van der Waals surface area contributed by atoms with Gasteiger partial charge in [-0.25, -0.2) is 9.24 Å². The Morgan fingerprint density at radius 2 is 2.10 bits per heavy atom. The number of nitrogens with zero attached hydrogens (tertiary/aromatic N) is 2. The number of piperidine rings is 1. The molecule has 0 radical (unpaired) electrons. The molecule has 1 aromatic rings. The third-order valence-corrected chi connectivity index (χ3v) is 3.75. The molecule has 0 saturated carbocycles. The number of rotatable bonds is 1. The number of halogens is 1. The van der Waals surface area contributed by atoms with E-state index in [1.165, 1.54) is 17.0 Å². The van der Waals surface area contributed by atoms with Crippen molar-refractivity contribution in [3.05, 3.63) is 40.5 Å². The summed E-state index contributed by atoms with van der Waals surface area (Å²) in [7, 11) is 0. The summed E-state index contributed by atoms with van der Waals surface area (Å²) >= 11 is 0. The quantitative estimate of drug-likeness (QED) is 0.622. The number of hydrogen-bond donors (Lipinski definition) is 1. The normalized spacial score (nSPS) is 21.0. The predicted octanol–water partition coefficient (Wildman–Crippen LogP) is 1.14. The highest BCUT2D eigenvalue weighted by Crippen LogP contribution is 2.33. The minimum Gasteiger partial charge on any atom is -0.322 e. The molecule has 1 unspecified atom stereocenters. The molecule has 21 heavy (non-hydrogen) atoms. The summed E-state index contributed by atoms with van der Waals surface area (Å²) in [6.45, 7) is 6.82. The number of imide groups is 1. The number of amides is 3. The Labute approximate surface area is 119 Å². The van der Waals surface area contributed by atoms with Crippen LogP contribution in [0.1, 0.15) is 28.8 Å². The molecule has 7 heteroatoms. The zero-order valence-corrected chi connectivity index (χ0v) is 10.9. The lowest BCUT2D eigenvalue weighted by molar-refractivity contribution is -0.136. The van der Waals surface area contributed by atoms with Crippen LogP contribution in [0.2, 0.25) is 0 Å². The van der Waals surface area contributed by atoms with Crippen molar-refractivity contribution < 1.29 is 18.8 Å². The fourth-order valence-corrected chi connectivity index (χ4v) is 2.68. The van der Waals surface area contributed by atoms with E-state index in [0.29, 0.717) is 0 Å². The standard InChI is InChI=1S/C14H10FN3O3/c1-16-9-3-2-7-8(12(9)15)6-18(14(7)21)10-4-5-11(19)17-13(10)20/h2-3,10H,4-6H2,(H,17,19,20). The van der Waals surface area contributed by atoms with Crippen LogP contribution < -0.4 is 5.32 Å². The fourth-order valence-electron chi connectivity index (χ4n) is 2.68. The van der Waals surface area contributed by atoms with E-state index in [-0.39, 0.29) is 42.1 Å². The maximum atomic E-state index is 14.1. The maximum absolute atomic E-state index is 14.1. The first-order chi connectivity index (χ1) is 10.0. The zero-order valence-electron chi connectivity index (χ0n) is 10.9. The molecule has 1 N–H and O–H groups in total. The van der Waals surface area contributed by atoms with Gasteiger partial charge in [-0.3, -0.25) is 19.7 Å². The van der Waals surface area contributed by atoms with E-state index < -0.39 is 23.7 Å². The Hall–Kier alpha value is -2.75. The van der Waals surface area contributed by atoms with E-state index >= 15 is 0 Å². The maximum Gasteiger partial charge on any atom is 0.255 e. The van der Waals surface area contributed by atoms with Gasteiger partial charge in [0.1, 0.15) is 11.9 Å².